The number of carboxylic acid groups (broad SMARTS) is 1. The third-order valence-corrected chi connectivity index (χ3v) is 4.67. The Bertz CT molecular complexity index is 1270. The number of aromatic carboxylic acids is 1. The molecule has 0 radical (unpaired) electrons. The monoisotopic (exact) mass is 416 g/mol. The summed E-state index contributed by atoms with van der Waals surface area (Å²) in [7, 11) is 0. The van der Waals surface area contributed by atoms with Crippen LogP contribution in [0.15, 0.2) is 79.0 Å². The van der Waals surface area contributed by atoms with Gasteiger partial charge in [-0.25, -0.2) is 14.2 Å². The van der Waals surface area contributed by atoms with E-state index in [2.05, 4.69) is 10.3 Å². The maximum atomic E-state index is 13.8. The Kier molecular flexibility index (Phi) is 5.57. The first-order valence-corrected chi connectivity index (χ1v) is 9.43. The van der Waals surface area contributed by atoms with Crippen molar-refractivity contribution in [1.29, 1.82) is 0 Å². The summed E-state index contributed by atoms with van der Waals surface area (Å²) in [6.45, 7) is 0.128. The molecule has 0 bridgehead atoms. The molecule has 0 aliphatic heterocycles. The van der Waals surface area contributed by atoms with Gasteiger partial charge >= 0.3 is 5.97 Å². The molecular formula is C24H17FN2O4. The number of ether oxygens (including phenoxy) is 1. The number of nitrogens with one attached hydrogen (secondary N) is 1. The molecule has 4 rings (SSSR count). The molecule has 0 saturated heterocycles. The summed E-state index contributed by atoms with van der Waals surface area (Å²) in [5, 5.41) is 13.4. The Hall–Kier alpha value is -4.26. The van der Waals surface area contributed by atoms with Crippen molar-refractivity contribution in [3.05, 3.63) is 102 Å². The van der Waals surface area contributed by atoms with Crippen molar-refractivity contribution in [2.24, 2.45) is 0 Å². The number of amides is 1. The predicted molar refractivity (Wildman–Crippen MR) is 113 cm³/mol. The number of hydrogen-bond acceptors (Lipinski definition) is 4. The SMILES string of the molecule is O=C(O)c1ccc(CNC(=O)c2cc(F)cnc2Oc2cccc3ccccc23)cc1. The van der Waals surface area contributed by atoms with Crippen molar-refractivity contribution in [3.8, 4) is 11.6 Å². The third kappa shape index (κ3) is 4.51. The number of carboxylic acids is 1. The van der Waals surface area contributed by atoms with Crippen LogP contribution in [-0.4, -0.2) is 22.0 Å². The van der Waals surface area contributed by atoms with Gasteiger partial charge in [-0.1, -0.05) is 48.5 Å². The number of nitrogens with zero attached hydrogens (tertiary/aromatic N) is 1. The van der Waals surface area contributed by atoms with Crippen LogP contribution in [0, 0.1) is 5.82 Å². The molecule has 1 heterocycles. The van der Waals surface area contributed by atoms with E-state index in [-0.39, 0.29) is 23.6 Å². The van der Waals surface area contributed by atoms with Crippen molar-refractivity contribution in [2.45, 2.75) is 6.54 Å². The lowest BCUT2D eigenvalue weighted by atomic mass is 10.1. The van der Waals surface area contributed by atoms with E-state index in [4.69, 9.17) is 9.84 Å². The lowest BCUT2D eigenvalue weighted by molar-refractivity contribution is 0.0696. The van der Waals surface area contributed by atoms with Gasteiger partial charge in [-0.05, 0) is 35.2 Å². The minimum Gasteiger partial charge on any atom is -0.478 e. The zero-order valence-electron chi connectivity index (χ0n) is 16.2. The van der Waals surface area contributed by atoms with E-state index in [1.54, 1.807) is 18.2 Å². The van der Waals surface area contributed by atoms with Crippen LogP contribution >= 0.6 is 0 Å². The molecule has 31 heavy (non-hydrogen) atoms. The fourth-order valence-electron chi connectivity index (χ4n) is 3.10. The number of carbonyl (C=O) groups is 2. The Morgan fingerprint density at radius 2 is 1.74 bits per heavy atom. The number of rotatable bonds is 6. The van der Waals surface area contributed by atoms with Gasteiger partial charge in [0.25, 0.3) is 5.91 Å². The number of halogens is 1. The van der Waals surface area contributed by atoms with Crippen LogP contribution in [-0.2, 0) is 6.54 Å². The van der Waals surface area contributed by atoms with Crippen molar-refractivity contribution in [2.75, 3.05) is 0 Å². The third-order valence-electron chi connectivity index (χ3n) is 4.67. The fourth-order valence-corrected chi connectivity index (χ4v) is 3.10. The number of pyridine rings is 1. The number of fused-ring (bicyclic) bond motifs is 1. The molecule has 0 unspecified atom stereocenters. The van der Waals surface area contributed by atoms with E-state index in [0.29, 0.717) is 11.3 Å². The number of aromatic nitrogens is 1. The van der Waals surface area contributed by atoms with E-state index in [1.807, 2.05) is 36.4 Å². The Labute approximate surface area is 176 Å². The minimum atomic E-state index is -1.03. The molecule has 1 aromatic heterocycles. The van der Waals surface area contributed by atoms with Gasteiger partial charge in [-0.3, -0.25) is 4.79 Å². The van der Waals surface area contributed by atoms with E-state index in [9.17, 15) is 14.0 Å². The molecule has 0 aliphatic rings. The highest BCUT2D eigenvalue weighted by Gasteiger charge is 2.17. The number of carbonyl (C=O) groups excluding carboxylic acids is 1. The molecule has 0 saturated carbocycles. The predicted octanol–water partition coefficient (Wildman–Crippen LogP) is 4.79. The van der Waals surface area contributed by atoms with Gasteiger partial charge in [0.1, 0.15) is 17.1 Å². The topological polar surface area (TPSA) is 88.5 Å². The second-order valence-corrected chi connectivity index (χ2v) is 6.77. The van der Waals surface area contributed by atoms with Gasteiger partial charge in [0.2, 0.25) is 5.88 Å². The number of benzene rings is 3. The quantitative estimate of drug-likeness (QED) is 0.472. The van der Waals surface area contributed by atoms with Gasteiger partial charge in [0.05, 0.1) is 11.8 Å². The summed E-state index contributed by atoms with van der Waals surface area (Å²) in [5.74, 6) is -1.78. The molecule has 2 N–H and O–H groups in total. The molecule has 3 aromatic carbocycles. The van der Waals surface area contributed by atoms with Gasteiger partial charge in [0, 0.05) is 11.9 Å². The van der Waals surface area contributed by atoms with Gasteiger partial charge in [-0.2, -0.15) is 0 Å². The average Bonchev–Trinajstić information content (AvgIpc) is 2.79. The van der Waals surface area contributed by atoms with Crippen LogP contribution in [0.3, 0.4) is 0 Å². The Morgan fingerprint density at radius 1 is 1.00 bits per heavy atom. The maximum absolute atomic E-state index is 13.8. The van der Waals surface area contributed by atoms with Gasteiger partial charge < -0.3 is 15.2 Å². The van der Waals surface area contributed by atoms with E-state index in [0.717, 1.165) is 23.0 Å². The number of hydrogen-bond donors (Lipinski definition) is 2. The molecule has 1 amide bonds. The molecule has 0 aliphatic carbocycles. The van der Waals surface area contributed by atoms with Crippen molar-refractivity contribution in [1.82, 2.24) is 10.3 Å². The van der Waals surface area contributed by atoms with Crippen LogP contribution < -0.4 is 10.1 Å². The van der Waals surface area contributed by atoms with Gasteiger partial charge in [-0.15, -0.1) is 0 Å². The van der Waals surface area contributed by atoms with Crippen molar-refractivity contribution in [3.63, 3.8) is 0 Å². The summed E-state index contributed by atoms with van der Waals surface area (Å²) in [6, 6.07) is 20.3. The summed E-state index contributed by atoms with van der Waals surface area (Å²) in [4.78, 5) is 27.6. The summed E-state index contributed by atoms with van der Waals surface area (Å²) in [5.41, 5.74) is 0.796. The lowest BCUT2D eigenvalue weighted by Crippen LogP contribution is -2.23. The average molecular weight is 416 g/mol. The highest BCUT2D eigenvalue weighted by atomic mass is 19.1. The normalized spacial score (nSPS) is 10.6. The fraction of sp³-hybridized carbons (Fsp3) is 0.0417. The molecule has 7 heteroatoms. The van der Waals surface area contributed by atoms with Crippen LogP contribution in [0.2, 0.25) is 0 Å². The summed E-state index contributed by atoms with van der Waals surface area (Å²) < 4.78 is 19.7. The Balaban J connectivity index is 1.56. The molecular weight excluding hydrogens is 399 g/mol. The maximum Gasteiger partial charge on any atom is 0.335 e. The highest BCUT2D eigenvalue weighted by molar-refractivity contribution is 5.97. The Morgan fingerprint density at radius 3 is 2.52 bits per heavy atom. The highest BCUT2D eigenvalue weighted by Crippen LogP contribution is 2.30. The molecule has 0 fully saturated rings. The van der Waals surface area contributed by atoms with Crippen LogP contribution in [0.1, 0.15) is 26.3 Å². The zero-order valence-corrected chi connectivity index (χ0v) is 16.2. The largest absolute Gasteiger partial charge is 0.478 e. The van der Waals surface area contributed by atoms with E-state index >= 15 is 0 Å². The minimum absolute atomic E-state index is 0.0171. The second kappa shape index (κ2) is 8.62. The molecule has 6 nitrogen and oxygen atoms in total. The van der Waals surface area contributed by atoms with E-state index < -0.39 is 17.7 Å². The molecule has 0 atom stereocenters. The molecule has 0 spiro atoms. The van der Waals surface area contributed by atoms with Crippen LogP contribution in [0.4, 0.5) is 4.39 Å². The summed E-state index contributed by atoms with van der Waals surface area (Å²) >= 11 is 0. The second-order valence-electron chi connectivity index (χ2n) is 6.77. The van der Waals surface area contributed by atoms with E-state index in [1.165, 1.54) is 12.1 Å². The lowest BCUT2D eigenvalue weighted by Gasteiger charge is -2.12. The first kappa shape index (κ1) is 20.0. The molecule has 154 valence electrons. The molecule has 4 aromatic rings. The summed E-state index contributed by atoms with van der Waals surface area (Å²) in [6.07, 6.45) is 0.988. The van der Waals surface area contributed by atoms with Crippen molar-refractivity contribution >= 4 is 22.6 Å². The van der Waals surface area contributed by atoms with Crippen LogP contribution in [0.5, 0.6) is 11.6 Å². The smallest absolute Gasteiger partial charge is 0.335 e. The van der Waals surface area contributed by atoms with Gasteiger partial charge in [0.15, 0.2) is 0 Å². The zero-order chi connectivity index (χ0) is 21.8. The standard InChI is InChI=1S/C24H17FN2O4/c25-18-12-20(22(28)26-13-15-8-10-17(11-9-15)24(29)30)23(27-14-18)31-21-7-3-5-16-4-1-2-6-19(16)21/h1-12,14H,13H2,(H,26,28)(H,29,30). The first-order valence-electron chi connectivity index (χ1n) is 9.43. The van der Waals surface area contributed by atoms with Crippen molar-refractivity contribution < 1.29 is 23.8 Å². The first-order chi connectivity index (χ1) is 15.0. The van der Waals surface area contributed by atoms with Crippen LogP contribution in [0.25, 0.3) is 10.8 Å².